The summed E-state index contributed by atoms with van der Waals surface area (Å²) in [7, 11) is 0. The van der Waals surface area contributed by atoms with Crippen LogP contribution < -0.4 is 5.32 Å². The Balaban J connectivity index is 1.98. The number of benzene rings is 1. The van der Waals surface area contributed by atoms with Crippen molar-refractivity contribution in [3.63, 3.8) is 0 Å². The van der Waals surface area contributed by atoms with Gasteiger partial charge >= 0.3 is 5.97 Å². The maximum Gasteiger partial charge on any atom is 0.328 e. The fourth-order valence-electron chi connectivity index (χ4n) is 2.83. The fourth-order valence-corrected chi connectivity index (χ4v) is 2.83. The van der Waals surface area contributed by atoms with E-state index < -0.39 is 6.04 Å². The Hall–Kier alpha value is -1.84. The van der Waals surface area contributed by atoms with Crippen molar-refractivity contribution < 1.29 is 14.3 Å². The molecule has 2 atom stereocenters. The van der Waals surface area contributed by atoms with Gasteiger partial charge in [0.25, 0.3) is 5.91 Å². The van der Waals surface area contributed by atoms with Gasteiger partial charge in [0.1, 0.15) is 6.04 Å². The van der Waals surface area contributed by atoms with Crippen LogP contribution in [0.1, 0.15) is 67.8 Å². The molecule has 1 aromatic rings. The van der Waals surface area contributed by atoms with Gasteiger partial charge in [0.05, 0.1) is 6.61 Å². The van der Waals surface area contributed by atoms with Crippen LogP contribution in [0.15, 0.2) is 24.3 Å². The summed E-state index contributed by atoms with van der Waals surface area (Å²) in [5, 5.41) is 2.73. The topological polar surface area (TPSA) is 55.4 Å². The standard InChI is InChI=1S/C18H25NO3/c1-3-5-6-13(4-2)14-7-9-15(10-8-14)17(20)19-16-11-12-22-18(16)21/h7-10,13,16H,3-6,11-12H2,1-2H3,(H,19,20). The molecule has 4 nitrogen and oxygen atoms in total. The average molecular weight is 303 g/mol. The Morgan fingerprint density at radius 3 is 2.59 bits per heavy atom. The third-order valence-corrected chi connectivity index (χ3v) is 4.28. The fraction of sp³-hybridized carbons (Fsp3) is 0.556. The zero-order valence-electron chi connectivity index (χ0n) is 13.4. The van der Waals surface area contributed by atoms with E-state index >= 15 is 0 Å². The molecule has 0 radical (unpaired) electrons. The van der Waals surface area contributed by atoms with E-state index in [1.807, 2.05) is 24.3 Å². The van der Waals surface area contributed by atoms with E-state index in [2.05, 4.69) is 19.2 Å². The van der Waals surface area contributed by atoms with Gasteiger partial charge in [-0.05, 0) is 36.5 Å². The number of amides is 1. The lowest BCUT2D eigenvalue weighted by Crippen LogP contribution is -2.37. The van der Waals surface area contributed by atoms with Crippen LogP contribution in [-0.2, 0) is 9.53 Å². The molecule has 0 aromatic heterocycles. The molecule has 0 bridgehead atoms. The average Bonchev–Trinajstić information content (AvgIpc) is 2.94. The number of nitrogens with one attached hydrogen (secondary N) is 1. The lowest BCUT2D eigenvalue weighted by molar-refractivity contribution is -0.139. The predicted molar refractivity (Wildman–Crippen MR) is 85.8 cm³/mol. The summed E-state index contributed by atoms with van der Waals surface area (Å²) in [6, 6.07) is 7.26. The summed E-state index contributed by atoms with van der Waals surface area (Å²) < 4.78 is 4.85. The molecule has 1 aliphatic rings. The summed E-state index contributed by atoms with van der Waals surface area (Å²) in [5.41, 5.74) is 1.88. The second-order valence-electron chi connectivity index (χ2n) is 5.85. The zero-order valence-corrected chi connectivity index (χ0v) is 13.4. The highest BCUT2D eigenvalue weighted by molar-refractivity contribution is 5.97. The second kappa shape index (κ2) is 7.97. The van der Waals surface area contributed by atoms with Crippen molar-refractivity contribution in [1.29, 1.82) is 0 Å². The summed E-state index contributed by atoms with van der Waals surface area (Å²) in [6.07, 6.45) is 5.28. The number of rotatable bonds is 7. The molecular weight excluding hydrogens is 278 g/mol. The van der Waals surface area contributed by atoms with Crippen LogP contribution in [0.4, 0.5) is 0 Å². The van der Waals surface area contributed by atoms with Gasteiger partial charge in [-0.15, -0.1) is 0 Å². The first kappa shape index (κ1) is 16.5. The number of carbonyl (C=O) groups excluding carboxylic acids is 2. The van der Waals surface area contributed by atoms with Crippen molar-refractivity contribution in [2.75, 3.05) is 6.61 Å². The van der Waals surface area contributed by atoms with Gasteiger partial charge in [-0.3, -0.25) is 4.79 Å². The highest BCUT2D eigenvalue weighted by atomic mass is 16.5. The molecule has 120 valence electrons. The summed E-state index contributed by atoms with van der Waals surface area (Å²) in [5.74, 6) is 0.00876. The van der Waals surface area contributed by atoms with Gasteiger partial charge in [-0.25, -0.2) is 4.79 Å². The molecule has 1 fully saturated rings. The van der Waals surface area contributed by atoms with Crippen molar-refractivity contribution in [3.8, 4) is 0 Å². The number of cyclic esters (lactones) is 1. The van der Waals surface area contributed by atoms with Crippen LogP contribution in [0, 0.1) is 0 Å². The van der Waals surface area contributed by atoms with Crippen molar-refractivity contribution in [1.82, 2.24) is 5.32 Å². The van der Waals surface area contributed by atoms with Gasteiger partial charge in [0, 0.05) is 12.0 Å². The molecule has 4 heteroatoms. The van der Waals surface area contributed by atoms with Crippen molar-refractivity contribution in [3.05, 3.63) is 35.4 Å². The van der Waals surface area contributed by atoms with Crippen molar-refractivity contribution in [2.45, 2.75) is 57.9 Å². The molecule has 22 heavy (non-hydrogen) atoms. The highest BCUT2D eigenvalue weighted by Gasteiger charge is 2.28. The quantitative estimate of drug-likeness (QED) is 0.785. The minimum atomic E-state index is -0.500. The Bertz CT molecular complexity index is 510. The lowest BCUT2D eigenvalue weighted by atomic mass is 9.91. The Morgan fingerprint density at radius 1 is 1.32 bits per heavy atom. The SMILES string of the molecule is CCCCC(CC)c1ccc(C(=O)NC2CCOC2=O)cc1. The molecule has 1 aromatic carbocycles. The summed E-state index contributed by atoms with van der Waals surface area (Å²) in [4.78, 5) is 23.5. The van der Waals surface area contributed by atoms with E-state index in [1.54, 1.807) is 0 Å². The monoisotopic (exact) mass is 303 g/mol. The van der Waals surface area contributed by atoms with E-state index in [0.29, 0.717) is 24.5 Å². The number of unbranched alkanes of at least 4 members (excludes halogenated alkanes) is 1. The third-order valence-electron chi connectivity index (χ3n) is 4.28. The van der Waals surface area contributed by atoms with E-state index in [1.165, 1.54) is 24.8 Å². The molecule has 0 spiro atoms. The molecular formula is C18H25NO3. The minimum absolute atomic E-state index is 0.211. The summed E-state index contributed by atoms with van der Waals surface area (Å²) in [6.45, 7) is 4.79. The zero-order chi connectivity index (χ0) is 15.9. The Morgan fingerprint density at radius 2 is 2.05 bits per heavy atom. The normalized spacial score (nSPS) is 18.8. The van der Waals surface area contributed by atoms with Gasteiger partial charge in [0.2, 0.25) is 0 Å². The van der Waals surface area contributed by atoms with Gasteiger partial charge in [-0.2, -0.15) is 0 Å². The van der Waals surface area contributed by atoms with E-state index in [9.17, 15) is 9.59 Å². The van der Waals surface area contributed by atoms with Gasteiger partial charge in [0.15, 0.2) is 0 Å². The Labute approximate surface area is 132 Å². The van der Waals surface area contributed by atoms with E-state index in [0.717, 1.165) is 6.42 Å². The van der Waals surface area contributed by atoms with E-state index in [4.69, 9.17) is 4.74 Å². The molecule has 1 aliphatic heterocycles. The first-order valence-electron chi connectivity index (χ1n) is 8.23. The smallest absolute Gasteiger partial charge is 0.328 e. The molecule has 1 amide bonds. The molecule has 2 unspecified atom stereocenters. The number of hydrogen-bond donors (Lipinski definition) is 1. The van der Waals surface area contributed by atoms with Crippen molar-refractivity contribution in [2.24, 2.45) is 0 Å². The number of ether oxygens (including phenoxy) is 1. The number of hydrogen-bond acceptors (Lipinski definition) is 3. The summed E-state index contributed by atoms with van der Waals surface area (Å²) >= 11 is 0. The third kappa shape index (κ3) is 4.09. The van der Waals surface area contributed by atoms with Crippen molar-refractivity contribution >= 4 is 11.9 Å². The number of esters is 1. The Kier molecular flexibility index (Phi) is 5.99. The number of carbonyl (C=O) groups is 2. The van der Waals surface area contributed by atoms with Crippen LogP contribution in [0.5, 0.6) is 0 Å². The van der Waals surface area contributed by atoms with Crippen LogP contribution >= 0.6 is 0 Å². The van der Waals surface area contributed by atoms with Crippen LogP contribution in [0.2, 0.25) is 0 Å². The molecule has 2 rings (SSSR count). The minimum Gasteiger partial charge on any atom is -0.464 e. The highest BCUT2D eigenvalue weighted by Crippen LogP contribution is 2.25. The van der Waals surface area contributed by atoms with Crippen LogP contribution in [0.25, 0.3) is 0 Å². The van der Waals surface area contributed by atoms with Gasteiger partial charge in [-0.1, -0.05) is 38.8 Å². The molecule has 1 N–H and O–H groups in total. The molecule has 1 saturated heterocycles. The molecule has 0 aliphatic carbocycles. The largest absolute Gasteiger partial charge is 0.464 e. The first-order valence-corrected chi connectivity index (χ1v) is 8.23. The van der Waals surface area contributed by atoms with Gasteiger partial charge < -0.3 is 10.1 Å². The van der Waals surface area contributed by atoms with E-state index in [-0.39, 0.29) is 11.9 Å². The predicted octanol–water partition coefficient (Wildman–Crippen LogP) is 3.42. The lowest BCUT2D eigenvalue weighted by Gasteiger charge is -2.15. The van der Waals surface area contributed by atoms with Crippen LogP contribution in [-0.4, -0.2) is 24.5 Å². The van der Waals surface area contributed by atoms with Crippen LogP contribution in [0.3, 0.4) is 0 Å². The molecule has 1 heterocycles. The molecule has 0 saturated carbocycles. The first-order chi connectivity index (χ1) is 10.7. The maximum absolute atomic E-state index is 12.2. The maximum atomic E-state index is 12.2. The second-order valence-corrected chi connectivity index (χ2v) is 5.85.